The second kappa shape index (κ2) is 5.04. The van der Waals surface area contributed by atoms with Crippen LogP contribution in [0.4, 0.5) is 5.82 Å². The van der Waals surface area contributed by atoms with Crippen molar-refractivity contribution >= 4 is 5.82 Å². The van der Waals surface area contributed by atoms with Crippen molar-refractivity contribution in [1.82, 2.24) is 9.78 Å². The third-order valence-corrected chi connectivity index (χ3v) is 3.04. The van der Waals surface area contributed by atoms with E-state index in [1.165, 1.54) is 0 Å². The maximum Gasteiger partial charge on any atom is 0.127 e. The van der Waals surface area contributed by atoms with Crippen LogP contribution in [0.5, 0.6) is 0 Å². The third-order valence-electron chi connectivity index (χ3n) is 3.04. The van der Waals surface area contributed by atoms with Crippen LogP contribution in [0.3, 0.4) is 0 Å². The smallest absolute Gasteiger partial charge is 0.127 e. The Bertz CT molecular complexity index is 473. The van der Waals surface area contributed by atoms with Gasteiger partial charge in [-0.15, -0.1) is 0 Å². The summed E-state index contributed by atoms with van der Waals surface area (Å²) in [5.74, 6) is 1.35. The Kier molecular flexibility index (Phi) is 3.47. The average molecular weight is 229 g/mol. The van der Waals surface area contributed by atoms with Crippen molar-refractivity contribution < 1.29 is 0 Å². The van der Waals surface area contributed by atoms with Gasteiger partial charge in [-0.2, -0.15) is 5.10 Å². The van der Waals surface area contributed by atoms with Gasteiger partial charge in [0.25, 0.3) is 0 Å². The van der Waals surface area contributed by atoms with E-state index in [1.54, 1.807) is 4.68 Å². The summed E-state index contributed by atoms with van der Waals surface area (Å²) in [7, 11) is 0. The molecule has 0 saturated heterocycles. The highest BCUT2D eigenvalue weighted by molar-refractivity contribution is 5.42. The predicted molar refractivity (Wildman–Crippen MR) is 71.1 cm³/mol. The molecule has 0 aliphatic heterocycles. The molecule has 17 heavy (non-hydrogen) atoms. The van der Waals surface area contributed by atoms with Crippen molar-refractivity contribution in [3.63, 3.8) is 0 Å². The molecule has 1 aromatic heterocycles. The number of nitrogens with two attached hydrogens (primary N) is 1. The van der Waals surface area contributed by atoms with Crippen LogP contribution in [0.1, 0.15) is 26.0 Å². The Hall–Kier alpha value is -1.77. The van der Waals surface area contributed by atoms with Crippen LogP contribution in [0.15, 0.2) is 36.4 Å². The van der Waals surface area contributed by atoms with Crippen molar-refractivity contribution in [3.8, 4) is 5.69 Å². The highest BCUT2D eigenvalue weighted by Gasteiger charge is 2.09. The summed E-state index contributed by atoms with van der Waals surface area (Å²) in [5.41, 5.74) is 8.08. The number of rotatable bonds is 4. The summed E-state index contributed by atoms with van der Waals surface area (Å²) in [5, 5.41) is 4.56. The van der Waals surface area contributed by atoms with Crippen LogP contribution in [-0.2, 0) is 6.42 Å². The number of nitrogens with zero attached hydrogens (tertiary/aromatic N) is 2. The van der Waals surface area contributed by atoms with Gasteiger partial charge in [-0.3, -0.25) is 0 Å². The molecule has 0 saturated carbocycles. The Labute approximate surface area is 102 Å². The number of anilines is 1. The fourth-order valence-corrected chi connectivity index (χ4v) is 1.82. The summed E-state index contributed by atoms with van der Waals surface area (Å²) in [6.07, 6.45) is 2.15. The zero-order chi connectivity index (χ0) is 12.3. The number of nitrogen functional groups attached to an aromatic ring is 1. The quantitative estimate of drug-likeness (QED) is 0.875. The number of aromatic nitrogens is 2. The van der Waals surface area contributed by atoms with Gasteiger partial charge in [0.1, 0.15) is 5.82 Å². The molecule has 1 unspecified atom stereocenters. The lowest BCUT2D eigenvalue weighted by Gasteiger charge is -2.05. The minimum absolute atomic E-state index is 0.647. The Morgan fingerprint density at radius 3 is 2.65 bits per heavy atom. The van der Waals surface area contributed by atoms with Gasteiger partial charge >= 0.3 is 0 Å². The topological polar surface area (TPSA) is 43.8 Å². The third kappa shape index (κ3) is 2.67. The molecule has 3 nitrogen and oxygen atoms in total. The maximum absolute atomic E-state index is 5.99. The number of para-hydroxylation sites is 1. The summed E-state index contributed by atoms with van der Waals surface area (Å²) >= 11 is 0. The van der Waals surface area contributed by atoms with E-state index < -0.39 is 0 Å². The molecule has 2 N–H and O–H groups in total. The van der Waals surface area contributed by atoms with Crippen LogP contribution >= 0.6 is 0 Å². The van der Waals surface area contributed by atoms with Crippen molar-refractivity contribution in [2.75, 3.05) is 5.73 Å². The van der Waals surface area contributed by atoms with Crippen molar-refractivity contribution in [2.45, 2.75) is 26.7 Å². The van der Waals surface area contributed by atoms with Crippen LogP contribution in [0.25, 0.3) is 5.69 Å². The minimum atomic E-state index is 0.647. The van der Waals surface area contributed by atoms with Gasteiger partial charge in [-0.1, -0.05) is 38.5 Å². The summed E-state index contributed by atoms with van der Waals surface area (Å²) in [6, 6.07) is 12.0. The molecule has 0 bridgehead atoms. The lowest BCUT2D eigenvalue weighted by molar-refractivity contribution is 0.549. The van der Waals surface area contributed by atoms with E-state index in [4.69, 9.17) is 5.73 Å². The molecule has 2 aromatic rings. The zero-order valence-corrected chi connectivity index (χ0v) is 10.4. The standard InChI is InChI=1S/C14H19N3/c1-3-11(2)9-12-10-14(15)17(16-12)13-7-5-4-6-8-13/h4-8,10-11H,3,9,15H2,1-2H3. The van der Waals surface area contributed by atoms with Gasteiger partial charge in [-0.05, 0) is 24.5 Å². The van der Waals surface area contributed by atoms with E-state index in [0.717, 1.165) is 24.2 Å². The van der Waals surface area contributed by atoms with Crippen LogP contribution in [0.2, 0.25) is 0 Å². The Morgan fingerprint density at radius 2 is 2.00 bits per heavy atom. The molecule has 90 valence electrons. The van der Waals surface area contributed by atoms with Crippen molar-refractivity contribution in [2.24, 2.45) is 5.92 Å². The lowest BCUT2D eigenvalue weighted by Crippen LogP contribution is -2.02. The normalized spacial score (nSPS) is 12.6. The van der Waals surface area contributed by atoms with E-state index in [0.29, 0.717) is 11.7 Å². The van der Waals surface area contributed by atoms with Gasteiger partial charge < -0.3 is 5.73 Å². The maximum atomic E-state index is 5.99. The van der Waals surface area contributed by atoms with E-state index in [2.05, 4.69) is 18.9 Å². The number of hydrogen-bond acceptors (Lipinski definition) is 2. The molecule has 0 aliphatic carbocycles. The van der Waals surface area contributed by atoms with Crippen LogP contribution in [0, 0.1) is 5.92 Å². The fraction of sp³-hybridized carbons (Fsp3) is 0.357. The SMILES string of the molecule is CCC(C)Cc1cc(N)n(-c2ccccc2)n1. The summed E-state index contributed by atoms with van der Waals surface area (Å²) in [6.45, 7) is 4.43. The molecule has 0 fully saturated rings. The number of benzene rings is 1. The highest BCUT2D eigenvalue weighted by atomic mass is 15.3. The molecule has 3 heteroatoms. The van der Waals surface area contributed by atoms with Crippen molar-refractivity contribution in [1.29, 1.82) is 0 Å². The van der Waals surface area contributed by atoms with E-state index in [9.17, 15) is 0 Å². The van der Waals surface area contributed by atoms with E-state index in [-0.39, 0.29) is 0 Å². The summed E-state index contributed by atoms with van der Waals surface area (Å²) in [4.78, 5) is 0. The van der Waals surface area contributed by atoms with Gasteiger partial charge in [-0.25, -0.2) is 4.68 Å². The highest BCUT2D eigenvalue weighted by Crippen LogP contribution is 2.17. The second-order valence-electron chi connectivity index (χ2n) is 4.53. The molecule has 0 aliphatic rings. The van der Waals surface area contributed by atoms with Gasteiger partial charge in [0.05, 0.1) is 11.4 Å². The molecule has 1 atom stereocenters. The van der Waals surface area contributed by atoms with E-state index >= 15 is 0 Å². The first kappa shape index (κ1) is 11.7. The molecule has 1 aromatic carbocycles. The molecule has 0 amide bonds. The molecule has 0 spiro atoms. The molecular formula is C14H19N3. The largest absolute Gasteiger partial charge is 0.384 e. The van der Waals surface area contributed by atoms with Crippen LogP contribution < -0.4 is 5.73 Å². The Balaban J connectivity index is 2.25. The monoisotopic (exact) mass is 229 g/mol. The first-order valence-corrected chi connectivity index (χ1v) is 6.10. The number of hydrogen-bond donors (Lipinski definition) is 1. The molecular weight excluding hydrogens is 210 g/mol. The van der Waals surface area contributed by atoms with Gasteiger partial charge in [0, 0.05) is 6.07 Å². The van der Waals surface area contributed by atoms with Gasteiger partial charge in [0.2, 0.25) is 0 Å². The zero-order valence-electron chi connectivity index (χ0n) is 10.4. The minimum Gasteiger partial charge on any atom is -0.384 e. The summed E-state index contributed by atoms with van der Waals surface area (Å²) < 4.78 is 1.80. The fourth-order valence-electron chi connectivity index (χ4n) is 1.82. The first-order valence-electron chi connectivity index (χ1n) is 6.10. The Morgan fingerprint density at radius 1 is 1.29 bits per heavy atom. The first-order chi connectivity index (χ1) is 8.20. The van der Waals surface area contributed by atoms with Crippen LogP contribution in [-0.4, -0.2) is 9.78 Å². The van der Waals surface area contributed by atoms with Gasteiger partial charge in [0.15, 0.2) is 0 Å². The second-order valence-corrected chi connectivity index (χ2v) is 4.53. The van der Waals surface area contributed by atoms with Crippen molar-refractivity contribution in [3.05, 3.63) is 42.1 Å². The molecule has 2 rings (SSSR count). The van der Waals surface area contributed by atoms with E-state index in [1.807, 2.05) is 36.4 Å². The predicted octanol–water partition coefficient (Wildman–Crippen LogP) is 3.04. The molecule has 1 heterocycles. The lowest BCUT2D eigenvalue weighted by atomic mass is 10.0. The molecule has 0 radical (unpaired) electrons. The average Bonchev–Trinajstić information content (AvgIpc) is 2.71.